The minimum atomic E-state index is -0.348. The molecule has 0 bridgehead atoms. The molecule has 0 aromatic heterocycles. The zero-order chi connectivity index (χ0) is 12.8. The van der Waals surface area contributed by atoms with Gasteiger partial charge < -0.3 is 16.2 Å². The zero-order valence-electron chi connectivity index (χ0n) is 10.4. The van der Waals surface area contributed by atoms with Crippen LogP contribution in [0.2, 0.25) is 0 Å². The Morgan fingerprint density at radius 2 is 2.18 bits per heavy atom. The van der Waals surface area contributed by atoms with Gasteiger partial charge in [0, 0.05) is 0 Å². The van der Waals surface area contributed by atoms with Gasteiger partial charge in [0.25, 0.3) is 0 Å². The Labute approximate surface area is 102 Å². The molecule has 0 spiro atoms. The molecule has 94 valence electrons. The van der Waals surface area contributed by atoms with Crippen molar-refractivity contribution in [2.24, 2.45) is 17.4 Å². The molecule has 0 aliphatic heterocycles. The standard InChI is InChI=1S/C13H20N2O2/c1-9-4-3-5-11(6-7-14)12(9)17-8-10(2)13(15)16/h3-5,10H,6-8,14H2,1-2H3,(H2,15,16). The average Bonchev–Trinajstić information content (AvgIpc) is 2.28. The molecule has 4 N–H and O–H groups in total. The molecule has 17 heavy (non-hydrogen) atoms. The molecule has 1 rings (SSSR count). The van der Waals surface area contributed by atoms with Crippen LogP contribution in [0.15, 0.2) is 18.2 Å². The highest BCUT2D eigenvalue weighted by Gasteiger charge is 2.12. The van der Waals surface area contributed by atoms with Gasteiger partial charge in [0.15, 0.2) is 0 Å². The molecule has 1 amide bonds. The number of primary amides is 1. The summed E-state index contributed by atoms with van der Waals surface area (Å²) >= 11 is 0. The van der Waals surface area contributed by atoms with Crippen molar-refractivity contribution < 1.29 is 9.53 Å². The first-order chi connectivity index (χ1) is 8.06. The van der Waals surface area contributed by atoms with Crippen LogP contribution in [0.25, 0.3) is 0 Å². The topological polar surface area (TPSA) is 78.3 Å². The Kier molecular flexibility index (Phi) is 4.97. The molecule has 1 unspecified atom stereocenters. The van der Waals surface area contributed by atoms with Crippen molar-refractivity contribution in [3.8, 4) is 5.75 Å². The molecule has 1 aromatic rings. The fourth-order valence-corrected chi connectivity index (χ4v) is 1.56. The van der Waals surface area contributed by atoms with Gasteiger partial charge in [-0.15, -0.1) is 0 Å². The van der Waals surface area contributed by atoms with Crippen molar-refractivity contribution in [1.82, 2.24) is 0 Å². The largest absolute Gasteiger partial charge is 0.492 e. The van der Waals surface area contributed by atoms with E-state index in [-0.39, 0.29) is 11.8 Å². The van der Waals surface area contributed by atoms with Crippen LogP contribution < -0.4 is 16.2 Å². The summed E-state index contributed by atoms with van der Waals surface area (Å²) in [6, 6.07) is 5.94. The van der Waals surface area contributed by atoms with Gasteiger partial charge in [-0.25, -0.2) is 0 Å². The predicted molar refractivity (Wildman–Crippen MR) is 67.8 cm³/mol. The lowest BCUT2D eigenvalue weighted by Crippen LogP contribution is -2.26. The Balaban J connectivity index is 2.78. The summed E-state index contributed by atoms with van der Waals surface area (Å²) in [7, 11) is 0. The fraction of sp³-hybridized carbons (Fsp3) is 0.462. The maximum absolute atomic E-state index is 10.9. The Morgan fingerprint density at radius 3 is 2.76 bits per heavy atom. The maximum atomic E-state index is 10.9. The van der Waals surface area contributed by atoms with E-state index in [4.69, 9.17) is 16.2 Å². The summed E-state index contributed by atoms with van der Waals surface area (Å²) in [4.78, 5) is 10.9. The third kappa shape index (κ3) is 3.75. The molecule has 1 aromatic carbocycles. The third-order valence-electron chi connectivity index (χ3n) is 2.67. The number of hydrogen-bond acceptors (Lipinski definition) is 3. The first-order valence-electron chi connectivity index (χ1n) is 5.77. The minimum absolute atomic E-state index is 0.291. The lowest BCUT2D eigenvalue weighted by Gasteiger charge is -2.15. The van der Waals surface area contributed by atoms with Crippen molar-refractivity contribution in [2.45, 2.75) is 20.3 Å². The third-order valence-corrected chi connectivity index (χ3v) is 2.67. The van der Waals surface area contributed by atoms with Crippen molar-refractivity contribution in [2.75, 3.05) is 13.2 Å². The van der Waals surface area contributed by atoms with E-state index in [1.54, 1.807) is 6.92 Å². The van der Waals surface area contributed by atoms with Gasteiger partial charge in [-0.05, 0) is 31.0 Å². The number of para-hydroxylation sites is 1. The summed E-state index contributed by atoms with van der Waals surface area (Å²) in [5, 5.41) is 0. The molecule has 0 heterocycles. The highest BCUT2D eigenvalue weighted by atomic mass is 16.5. The molecule has 1 atom stereocenters. The normalized spacial score (nSPS) is 12.2. The first kappa shape index (κ1) is 13.5. The minimum Gasteiger partial charge on any atom is -0.492 e. The molecule has 0 aliphatic carbocycles. The summed E-state index contributed by atoms with van der Waals surface area (Å²) in [5.41, 5.74) is 12.9. The van der Waals surface area contributed by atoms with Crippen LogP contribution >= 0.6 is 0 Å². The Bertz CT molecular complexity index is 391. The molecule has 4 heteroatoms. The van der Waals surface area contributed by atoms with Crippen LogP contribution in [-0.2, 0) is 11.2 Å². The van der Waals surface area contributed by atoms with E-state index < -0.39 is 0 Å². The lowest BCUT2D eigenvalue weighted by molar-refractivity contribution is -0.122. The van der Waals surface area contributed by atoms with Gasteiger partial charge in [0.05, 0.1) is 12.5 Å². The van der Waals surface area contributed by atoms with Gasteiger partial charge in [-0.2, -0.15) is 0 Å². The summed E-state index contributed by atoms with van der Waals surface area (Å²) in [6.07, 6.45) is 0.766. The second-order valence-electron chi connectivity index (χ2n) is 4.22. The van der Waals surface area contributed by atoms with E-state index in [0.29, 0.717) is 13.2 Å². The number of carbonyl (C=O) groups excluding carboxylic acids is 1. The highest BCUT2D eigenvalue weighted by Crippen LogP contribution is 2.24. The quantitative estimate of drug-likeness (QED) is 0.773. The Hall–Kier alpha value is -1.55. The van der Waals surface area contributed by atoms with E-state index in [2.05, 4.69) is 0 Å². The van der Waals surface area contributed by atoms with Crippen molar-refractivity contribution >= 4 is 5.91 Å². The van der Waals surface area contributed by atoms with Crippen LogP contribution in [0.5, 0.6) is 5.75 Å². The van der Waals surface area contributed by atoms with Crippen molar-refractivity contribution in [3.05, 3.63) is 29.3 Å². The number of ether oxygens (including phenoxy) is 1. The first-order valence-corrected chi connectivity index (χ1v) is 5.77. The van der Waals surface area contributed by atoms with E-state index in [9.17, 15) is 4.79 Å². The monoisotopic (exact) mass is 236 g/mol. The average molecular weight is 236 g/mol. The van der Waals surface area contributed by atoms with Gasteiger partial charge in [0.2, 0.25) is 5.91 Å². The van der Waals surface area contributed by atoms with Crippen LogP contribution in [0.4, 0.5) is 0 Å². The second-order valence-corrected chi connectivity index (χ2v) is 4.22. The lowest BCUT2D eigenvalue weighted by atomic mass is 10.1. The number of carbonyl (C=O) groups is 1. The van der Waals surface area contributed by atoms with Crippen molar-refractivity contribution in [1.29, 1.82) is 0 Å². The summed E-state index contributed by atoms with van der Waals surface area (Å²) in [5.74, 6) is 0.186. The number of aryl methyl sites for hydroxylation is 1. The summed E-state index contributed by atoms with van der Waals surface area (Å²) < 4.78 is 5.69. The second kappa shape index (κ2) is 6.25. The van der Waals surface area contributed by atoms with Crippen LogP contribution in [-0.4, -0.2) is 19.1 Å². The van der Waals surface area contributed by atoms with E-state index in [0.717, 1.165) is 23.3 Å². The molecule has 0 saturated heterocycles. The van der Waals surface area contributed by atoms with Crippen LogP contribution in [0.1, 0.15) is 18.1 Å². The fourth-order valence-electron chi connectivity index (χ4n) is 1.56. The molecule has 0 saturated carbocycles. The number of nitrogens with two attached hydrogens (primary N) is 2. The molecular weight excluding hydrogens is 216 g/mol. The Morgan fingerprint density at radius 1 is 1.47 bits per heavy atom. The van der Waals surface area contributed by atoms with Crippen LogP contribution in [0, 0.1) is 12.8 Å². The number of rotatable bonds is 6. The van der Waals surface area contributed by atoms with Crippen molar-refractivity contribution in [3.63, 3.8) is 0 Å². The smallest absolute Gasteiger partial charge is 0.223 e. The van der Waals surface area contributed by atoms with E-state index in [1.165, 1.54) is 0 Å². The van der Waals surface area contributed by atoms with Gasteiger partial charge in [0.1, 0.15) is 5.75 Å². The van der Waals surface area contributed by atoms with E-state index >= 15 is 0 Å². The van der Waals surface area contributed by atoms with Gasteiger partial charge >= 0.3 is 0 Å². The molecular formula is C13H20N2O2. The van der Waals surface area contributed by atoms with E-state index in [1.807, 2.05) is 25.1 Å². The zero-order valence-corrected chi connectivity index (χ0v) is 10.4. The molecule has 0 aliphatic rings. The predicted octanol–water partition coefficient (Wildman–Crippen LogP) is 0.996. The number of hydrogen-bond donors (Lipinski definition) is 2. The van der Waals surface area contributed by atoms with Crippen LogP contribution in [0.3, 0.4) is 0 Å². The SMILES string of the molecule is Cc1cccc(CCN)c1OCC(C)C(N)=O. The molecule has 0 radical (unpaired) electrons. The highest BCUT2D eigenvalue weighted by molar-refractivity contribution is 5.76. The molecule has 0 fully saturated rings. The summed E-state index contributed by atoms with van der Waals surface area (Å²) in [6.45, 7) is 4.61. The maximum Gasteiger partial charge on any atom is 0.223 e. The molecule has 4 nitrogen and oxygen atoms in total. The number of amides is 1. The van der Waals surface area contributed by atoms with Gasteiger partial charge in [-0.1, -0.05) is 25.1 Å². The van der Waals surface area contributed by atoms with Gasteiger partial charge in [-0.3, -0.25) is 4.79 Å². The number of benzene rings is 1.